The molecule has 0 fully saturated rings. The van der Waals surface area contributed by atoms with Gasteiger partial charge in [0.25, 0.3) is 11.5 Å². The molecule has 0 unspecified atom stereocenters. The van der Waals surface area contributed by atoms with Crippen LogP contribution < -0.4 is 16.6 Å². The Morgan fingerprint density at radius 2 is 1.96 bits per heavy atom. The van der Waals surface area contributed by atoms with Gasteiger partial charge in [-0.15, -0.1) is 0 Å². The first-order valence-corrected chi connectivity index (χ1v) is 7.41. The third-order valence-electron chi connectivity index (χ3n) is 3.23. The lowest BCUT2D eigenvalue weighted by Crippen LogP contribution is -2.25. The number of aromatic nitrogens is 2. The Labute approximate surface area is 138 Å². The Morgan fingerprint density at radius 3 is 2.62 bits per heavy atom. The number of primary amides is 1. The summed E-state index contributed by atoms with van der Waals surface area (Å²) < 4.78 is 6.03. The first-order valence-electron chi connectivity index (χ1n) is 7.41. The number of unbranched alkanes of at least 4 members (excludes halogenated alkanes) is 1. The van der Waals surface area contributed by atoms with Crippen molar-refractivity contribution in [2.24, 2.45) is 5.73 Å². The summed E-state index contributed by atoms with van der Waals surface area (Å²) in [6.45, 7) is 0.701. The maximum atomic E-state index is 12.0. The lowest BCUT2D eigenvalue weighted by molar-refractivity contribution is 0.0951. The number of carbonyl (C=O) groups excluding carboxylic acids is 2. The highest BCUT2D eigenvalue weighted by Crippen LogP contribution is 2.07. The molecule has 3 N–H and O–H groups in total. The van der Waals surface area contributed by atoms with Crippen LogP contribution in [0.25, 0.3) is 5.69 Å². The molecule has 0 atom stereocenters. The van der Waals surface area contributed by atoms with Gasteiger partial charge in [-0.25, -0.2) is 4.79 Å². The van der Waals surface area contributed by atoms with E-state index in [4.69, 9.17) is 5.73 Å². The number of hydrogen-bond acceptors (Lipinski definition) is 5. The molecule has 2 amide bonds. The molecule has 0 saturated heterocycles. The largest absolute Gasteiger partial charge is 0.450 e. The van der Waals surface area contributed by atoms with Gasteiger partial charge in [-0.2, -0.15) is 0 Å². The zero-order valence-electron chi connectivity index (χ0n) is 13.0. The van der Waals surface area contributed by atoms with Crippen molar-refractivity contribution in [1.82, 2.24) is 14.9 Å². The van der Waals surface area contributed by atoms with Crippen LogP contribution in [0.2, 0.25) is 0 Å². The maximum Gasteiger partial charge on any atom is 0.404 e. The van der Waals surface area contributed by atoms with Crippen LogP contribution in [0.1, 0.15) is 23.2 Å². The first-order chi connectivity index (χ1) is 11.6. The Morgan fingerprint density at radius 1 is 1.21 bits per heavy atom. The van der Waals surface area contributed by atoms with Crippen LogP contribution in [-0.4, -0.2) is 34.7 Å². The van der Waals surface area contributed by atoms with Gasteiger partial charge in [-0.3, -0.25) is 19.1 Å². The molecule has 1 aromatic carbocycles. The highest BCUT2D eigenvalue weighted by Gasteiger charge is 2.06. The fourth-order valence-electron chi connectivity index (χ4n) is 2.04. The second-order valence-electron chi connectivity index (χ2n) is 4.96. The minimum Gasteiger partial charge on any atom is -0.450 e. The van der Waals surface area contributed by atoms with Crippen LogP contribution in [0.3, 0.4) is 0 Å². The van der Waals surface area contributed by atoms with Gasteiger partial charge in [0.05, 0.1) is 12.8 Å². The summed E-state index contributed by atoms with van der Waals surface area (Å²) >= 11 is 0. The zero-order chi connectivity index (χ0) is 17.4. The first kappa shape index (κ1) is 17.2. The fraction of sp³-hybridized carbons (Fsp3) is 0.250. The highest BCUT2D eigenvalue weighted by atomic mass is 16.5. The van der Waals surface area contributed by atoms with Crippen LogP contribution in [0, 0.1) is 0 Å². The number of hydrogen-bond donors (Lipinski definition) is 2. The number of nitrogens with one attached hydrogen (secondary N) is 1. The van der Waals surface area contributed by atoms with Crippen LogP contribution in [0.4, 0.5) is 4.79 Å². The molecule has 2 rings (SSSR count). The van der Waals surface area contributed by atoms with Gasteiger partial charge >= 0.3 is 6.09 Å². The van der Waals surface area contributed by atoms with E-state index in [1.54, 1.807) is 30.5 Å². The number of rotatable bonds is 7. The summed E-state index contributed by atoms with van der Waals surface area (Å²) in [6, 6.07) is 6.68. The normalized spacial score (nSPS) is 10.2. The average molecular weight is 330 g/mol. The summed E-state index contributed by atoms with van der Waals surface area (Å²) in [6.07, 6.45) is 4.79. The summed E-state index contributed by atoms with van der Waals surface area (Å²) in [7, 11) is 0. The quantitative estimate of drug-likeness (QED) is 0.730. The lowest BCUT2D eigenvalue weighted by Gasteiger charge is -2.07. The second-order valence-corrected chi connectivity index (χ2v) is 4.96. The van der Waals surface area contributed by atoms with Crippen LogP contribution in [0.15, 0.2) is 47.7 Å². The summed E-state index contributed by atoms with van der Waals surface area (Å²) in [5.74, 6) is -0.209. The van der Waals surface area contributed by atoms with E-state index in [-0.39, 0.29) is 18.1 Å². The fourth-order valence-corrected chi connectivity index (χ4v) is 2.04. The molecule has 0 spiro atoms. The van der Waals surface area contributed by atoms with E-state index < -0.39 is 6.09 Å². The van der Waals surface area contributed by atoms with Crippen molar-refractivity contribution in [3.63, 3.8) is 0 Å². The van der Waals surface area contributed by atoms with Gasteiger partial charge in [0, 0.05) is 30.2 Å². The van der Waals surface area contributed by atoms with E-state index in [9.17, 15) is 14.4 Å². The van der Waals surface area contributed by atoms with Crippen molar-refractivity contribution in [3.8, 4) is 5.69 Å². The van der Waals surface area contributed by atoms with E-state index >= 15 is 0 Å². The Balaban J connectivity index is 1.84. The van der Waals surface area contributed by atoms with Crippen molar-refractivity contribution in [1.29, 1.82) is 0 Å². The highest BCUT2D eigenvalue weighted by molar-refractivity contribution is 5.94. The van der Waals surface area contributed by atoms with Gasteiger partial charge in [0.1, 0.15) is 0 Å². The second kappa shape index (κ2) is 8.47. The molecule has 0 saturated carbocycles. The van der Waals surface area contributed by atoms with E-state index in [0.717, 1.165) is 0 Å². The summed E-state index contributed by atoms with van der Waals surface area (Å²) in [4.78, 5) is 37.8. The molecular weight excluding hydrogens is 312 g/mol. The van der Waals surface area contributed by atoms with Crippen molar-refractivity contribution < 1.29 is 14.3 Å². The zero-order valence-corrected chi connectivity index (χ0v) is 13.0. The number of ether oxygens (including phenoxy) is 1. The van der Waals surface area contributed by atoms with Gasteiger partial charge in [-0.1, -0.05) is 0 Å². The van der Waals surface area contributed by atoms with Gasteiger partial charge in [0.15, 0.2) is 0 Å². The molecule has 24 heavy (non-hydrogen) atoms. The van der Waals surface area contributed by atoms with Crippen molar-refractivity contribution in [2.75, 3.05) is 13.2 Å². The molecule has 0 aliphatic rings. The Hall–Kier alpha value is -3.16. The molecule has 1 heterocycles. The monoisotopic (exact) mass is 330 g/mol. The van der Waals surface area contributed by atoms with Gasteiger partial charge in [0.2, 0.25) is 0 Å². The molecule has 126 valence electrons. The average Bonchev–Trinajstić information content (AvgIpc) is 2.58. The topological polar surface area (TPSA) is 116 Å². The predicted octanol–water partition coefficient (Wildman–Crippen LogP) is 0.838. The molecule has 2 aromatic rings. The van der Waals surface area contributed by atoms with Gasteiger partial charge < -0.3 is 15.8 Å². The maximum absolute atomic E-state index is 12.0. The van der Waals surface area contributed by atoms with E-state index in [1.807, 2.05) is 0 Å². The third kappa shape index (κ3) is 4.94. The molecule has 0 aliphatic heterocycles. The molecule has 0 aliphatic carbocycles. The lowest BCUT2D eigenvalue weighted by atomic mass is 10.2. The Bertz CT molecular complexity index is 755. The van der Waals surface area contributed by atoms with Gasteiger partial charge in [-0.05, 0) is 37.1 Å². The molecule has 0 bridgehead atoms. The molecule has 0 radical (unpaired) electrons. The molecule has 8 nitrogen and oxygen atoms in total. The molecular formula is C16H18N4O4. The summed E-state index contributed by atoms with van der Waals surface area (Å²) in [5, 5.41) is 2.77. The van der Waals surface area contributed by atoms with E-state index in [2.05, 4.69) is 15.0 Å². The number of nitrogens with two attached hydrogens (primary N) is 1. The summed E-state index contributed by atoms with van der Waals surface area (Å²) in [5.41, 5.74) is 5.75. The van der Waals surface area contributed by atoms with Crippen LogP contribution >= 0.6 is 0 Å². The Kier molecular flexibility index (Phi) is 6.07. The smallest absolute Gasteiger partial charge is 0.404 e. The number of amides is 2. The predicted molar refractivity (Wildman–Crippen MR) is 86.9 cm³/mol. The minimum absolute atomic E-state index is 0.209. The van der Waals surface area contributed by atoms with E-state index in [1.165, 1.54) is 17.0 Å². The number of carbonyl (C=O) groups is 2. The van der Waals surface area contributed by atoms with Crippen LogP contribution in [0.5, 0.6) is 0 Å². The van der Waals surface area contributed by atoms with E-state index in [0.29, 0.717) is 30.6 Å². The van der Waals surface area contributed by atoms with Crippen molar-refractivity contribution >= 4 is 12.0 Å². The SMILES string of the molecule is NC(=O)OCCCCNC(=O)c1ccc(-n2ccncc2=O)cc1. The van der Waals surface area contributed by atoms with Crippen molar-refractivity contribution in [3.05, 3.63) is 58.8 Å². The van der Waals surface area contributed by atoms with Crippen LogP contribution in [-0.2, 0) is 4.74 Å². The van der Waals surface area contributed by atoms with Crippen molar-refractivity contribution in [2.45, 2.75) is 12.8 Å². The minimum atomic E-state index is -0.799. The molecule has 8 heteroatoms. The third-order valence-corrected chi connectivity index (χ3v) is 3.23. The molecule has 1 aromatic heterocycles. The number of nitrogens with zero attached hydrogens (tertiary/aromatic N) is 2. The number of benzene rings is 1. The standard InChI is InChI=1S/C16H18N4O4/c17-16(23)24-10-2-1-7-19-15(22)12-3-5-13(6-4-12)20-9-8-18-11-14(20)21/h3-6,8-9,11H,1-2,7,10H2,(H2,17,23)(H,19,22).